The smallest absolute Gasteiger partial charge is 0.170 e. The van der Waals surface area contributed by atoms with Gasteiger partial charge in [-0.15, -0.1) is 5.10 Å². The van der Waals surface area contributed by atoms with Crippen molar-refractivity contribution in [3.8, 4) is 5.69 Å². The summed E-state index contributed by atoms with van der Waals surface area (Å²) in [6.45, 7) is 5.83. The van der Waals surface area contributed by atoms with Crippen LogP contribution in [-0.2, 0) is 6.54 Å². The first-order valence-electron chi connectivity index (χ1n) is 6.01. The molecule has 0 amide bonds. The minimum atomic E-state index is 0.582. The predicted octanol–water partition coefficient (Wildman–Crippen LogP) is 2.82. The molecule has 2 aromatic rings. The van der Waals surface area contributed by atoms with Gasteiger partial charge in [0.2, 0.25) is 0 Å². The maximum atomic E-state index is 6.19. The van der Waals surface area contributed by atoms with E-state index in [2.05, 4.69) is 50.6 Å². The van der Waals surface area contributed by atoms with E-state index in [-0.39, 0.29) is 0 Å². The van der Waals surface area contributed by atoms with Crippen LogP contribution in [0.3, 0.4) is 0 Å². The molecule has 1 aromatic heterocycles. The van der Waals surface area contributed by atoms with Gasteiger partial charge in [-0.25, -0.2) is 0 Å². The fraction of sp³-hybridized carbons (Fsp3) is 0.417. The second-order valence-electron chi connectivity index (χ2n) is 4.63. The molecule has 1 heterocycles. The molecule has 0 atom stereocenters. The minimum Gasteiger partial charge on any atom is -0.310 e. The highest BCUT2D eigenvalue weighted by Gasteiger charge is 2.11. The van der Waals surface area contributed by atoms with E-state index in [0.29, 0.717) is 17.5 Å². The molecule has 7 heteroatoms. The van der Waals surface area contributed by atoms with Crippen LogP contribution in [0.1, 0.15) is 19.7 Å². The Kier molecular flexibility index (Phi) is 4.90. The first kappa shape index (κ1) is 14.4. The van der Waals surface area contributed by atoms with Crippen LogP contribution in [0.25, 0.3) is 5.69 Å². The molecule has 0 spiro atoms. The Morgan fingerprint density at radius 1 is 1.42 bits per heavy atom. The molecule has 0 radical (unpaired) electrons. The Labute approximate surface area is 125 Å². The van der Waals surface area contributed by atoms with Crippen molar-refractivity contribution in [3.63, 3.8) is 0 Å². The summed E-state index contributed by atoms with van der Waals surface area (Å²) in [6, 6.07) is 5.59. The molecule has 0 aliphatic heterocycles. The quantitative estimate of drug-likeness (QED) is 0.906. The van der Waals surface area contributed by atoms with Crippen LogP contribution in [0.15, 0.2) is 22.7 Å². The molecule has 0 saturated carbocycles. The molecule has 0 aliphatic rings. The van der Waals surface area contributed by atoms with E-state index in [0.717, 1.165) is 22.5 Å². The molecule has 2 rings (SSSR count). The van der Waals surface area contributed by atoms with Gasteiger partial charge in [-0.2, -0.15) is 4.68 Å². The normalized spacial score (nSPS) is 11.2. The van der Waals surface area contributed by atoms with Gasteiger partial charge in [0.1, 0.15) is 0 Å². The van der Waals surface area contributed by atoms with E-state index in [9.17, 15) is 0 Å². The molecule has 0 fully saturated rings. The van der Waals surface area contributed by atoms with Crippen LogP contribution < -0.4 is 5.32 Å². The van der Waals surface area contributed by atoms with Gasteiger partial charge in [-0.1, -0.05) is 41.4 Å². The van der Waals surface area contributed by atoms with Crippen molar-refractivity contribution in [3.05, 3.63) is 33.5 Å². The maximum absolute atomic E-state index is 6.19. The highest BCUT2D eigenvalue weighted by atomic mass is 79.9. The Morgan fingerprint density at radius 2 is 2.21 bits per heavy atom. The second-order valence-corrected chi connectivity index (χ2v) is 5.95. The third kappa shape index (κ3) is 3.75. The summed E-state index contributed by atoms with van der Waals surface area (Å²) in [5, 5.41) is 15.7. The van der Waals surface area contributed by atoms with E-state index >= 15 is 0 Å². The van der Waals surface area contributed by atoms with Crippen molar-refractivity contribution >= 4 is 27.5 Å². The summed E-state index contributed by atoms with van der Waals surface area (Å²) in [6.07, 6.45) is 0. The molecule has 0 aliphatic carbocycles. The Morgan fingerprint density at radius 3 is 2.95 bits per heavy atom. The van der Waals surface area contributed by atoms with Crippen molar-refractivity contribution in [1.29, 1.82) is 0 Å². The Bertz CT molecular complexity index is 555. The van der Waals surface area contributed by atoms with Crippen molar-refractivity contribution in [2.24, 2.45) is 5.92 Å². The van der Waals surface area contributed by atoms with Gasteiger partial charge in [-0.3, -0.25) is 0 Å². The minimum absolute atomic E-state index is 0.582. The van der Waals surface area contributed by atoms with Crippen LogP contribution in [0, 0.1) is 5.92 Å². The summed E-state index contributed by atoms with van der Waals surface area (Å²) in [5.74, 6) is 1.32. The number of halogens is 2. The maximum Gasteiger partial charge on any atom is 0.170 e. The van der Waals surface area contributed by atoms with Crippen LogP contribution in [0.4, 0.5) is 0 Å². The zero-order valence-corrected chi connectivity index (χ0v) is 13.1. The third-order valence-corrected chi connectivity index (χ3v) is 3.32. The molecule has 0 bridgehead atoms. The second kappa shape index (κ2) is 6.45. The average Bonchev–Trinajstić information content (AvgIpc) is 2.80. The molecule has 5 nitrogen and oxygen atoms in total. The van der Waals surface area contributed by atoms with E-state index in [4.69, 9.17) is 11.6 Å². The summed E-state index contributed by atoms with van der Waals surface area (Å²) in [5.41, 5.74) is 0.766. The standard InChI is InChI=1S/C12H15BrClN5/c1-8(2)6-15-7-12-16-17-18-19(12)11-5-9(13)3-4-10(11)14/h3-5,8,15H,6-7H2,1-2H3. The van der Waals surface area contributed by atoms with Crippen LogP contribution in [0.2, 0.25) is 5.02 Å². The number of hydrogen-bond acceptors (Lipinski definition) is 4. The summed E-state index contributed by atoms with van der Waals surface area (Å²) in [4.78, 5) is 0. The SMILES string of the molecule is CC(C)CNCc1nnnn1-c1cc(Br)ccc1Cl. The molecule has 1 aromatic carbocycles. The Hall–Kier alpha value is -0.980. The van der Waals surface area contributed by atoms with Crippen molar-refractivity contribution in [2.75, 3.05) is 6.54 Å². The number of rotatable bonds is 5. The lowest BCUT2D eigenvalue weighted by Crippen LogP contribution is -2.21. The molecule has 0 saturated heterocycles. The predicted molar refractivity (Wildman–Crippen MR) is 78.4 cm³/mol. The van der Waals surface area contributed by atoms with Gasteiger partial charge in [0.25, 0.3) is 0 Å². The van der Waals surface area contributed by atoms with E-state index in [1.54, 1.807) is 4.68 Å². The number of hydrogen-bond donors (Lipinski definition) is 1. The van der Waals surface area contributed by atoms with Gasteiger partial charge in [0.05, 0.1) is 17.3 Å². The first-order valence-corrected chi connectivity index (χ1v) is 7.18. The lowest BCUT2D eigenvalue weighted by atomic mass is 10.2. The number of nitrogens with one attached hydrogen (secondary N) is 1. The topological polar surface area (TPSA) is 55.6 Å². The fourth-order valence-electron chi connectivity index (χ4n) is 1.62. The van der Waals surface area contributed by atoms with Gasteiger partial charge in [-0.05, 0) is 41.1 Å². The van der Waals surface area contributed by atoms with Gasteiger partial charge < -0.3 is 5.32 Å². The third-order valence-electron chi connectivity index (χ3n) is 2.51. The van der Waals surface area contributed by atoms with Crippen LogP contribution >= 0.6 is 27.5 Å². The fourth-order valence-corrected chi connectivity index (χ4v) is 2.17. The average molecular weight is 345 g/mol. The molecule has 1 N–H and O–H groups in total. The van der Waals surface area contributed by atoms with Gasteiger partial charge >= 0.3 is 0 Å². The van der Waals surface area contributed by atoms with E-state index in [1.165, 1.54) is 0 Å². The van der Waals surface area contributed by atoms with E-state index < -0.39 is 0 Å². The Balaban J connectivity index is 2.21. The number of nitrogens with zero attached hydrogens (tertiary/aromatic N) is 4. The molecule has 19 heavy (non-hydrogen) atoms. The van der Waals surface area contributed by atoms with Crippen molar-refractivity contribution < 1.29 is 0 Å². The first-order chi connectivity index (χ1) is 9.08. The van der Waals surface area contributed by atoms with Crippen LogP contribution in [-0.4, -0.2) is 26.8 Å². The van der Waals surface area contributed by atoms with E-state index in [1.807, 2.05) is 18.2 Å². The van der Waals surface area contributed by atoms with Gasteiger partial charge in [0.15, 0.2) is 5.82 Å². The lowest BCUT2D eigenvalue weighted by molar-refractivity contribution is 0.537. The summed E-state index contributed by atoms with van der Waals surface area (Å²) < 4.78 is 2.59. The monoisotopic (exact) mass is 343 g/mol. The molecule has 0 unspecified atom stereocenters. The summed E-state index contributed by atoms with van der Waals surface area (Å²) in [7, 11) is 0. The van der Waals surface area contributed by atoms with Crippen molar-refractivity contribution in [1.82, 2.24) is 25.5 Å². The highest BCUT2D eigenvalue weighted by Crippen LogP contribution is 2.24. The number of aromatic nitrogens is 4. The number of tetrazole rings is 1. The van der Waals surface area contributed by atoms with Crippen molar-refractivity contribution in [2.45, 2.75) is 20.4 Å². The summed E-state index contributed by atoms with van der Waals surface area (Å²) >= 11 is 9.61. The highest BCUT2D eigenvalue weighted by molar-refractivity contribution is 9.10. The number of benzene rings is 1. The zero-order valence-electron chi connectivity index (χ0n) is 10.8. The molecular formula is C12H15BrClN5. The largest absolute Gasteiger partial charge is 0.310 e. The zero-order chi connectivity index (χ0) is 13.8. The molecular weight excluding hydrogens is 330 g/mol. The lowest BCUT2D eigenvalue weighted by Gasteiger charge is -2.09. The van der Waals surface area contributed by atoms with Crippen LogP contribution in [0.5, 0.6) is 0 Å². The molecule has 102 valence electrons. The van der Waals surface area contributed by atoms with Gasteiger partial charge in [0, 0.05) is 4.47 Å².